The number of fused-ring (bicyclic) bond motifs is 1. The van der Waals surface area contributed by atoms with Crippen LogP contribution in [-0.4, -0.2) is 34.4 Å². The van der Waals surface area contributed by atoms with E-state index in [0.717, 1.165) is 5.52 Å². The summed E-state index contributed by atoms with van der Waals surface area (Å²) in [6.45, 7) is 2.37. The quantitative estimate of drug-likeness (QED) is 0.672. The third-order valence-electron chi connectivity index (χ3n) is 3.81. The minimum absolute atomic E-state index is 0.0897. The molecule has 120 valence electrons. The van der Waals surface area contributed by atoms with E-state index in [4.69, 9.17) is 0 Å². The molecule has 1 amide bonds. The SMILES string of the molecule is C[C@H](c1cccs1)N(C)CC(=O)Nc1ccc2[nH]c(=O)[nH]c2c1. The Morgan fingerprint density at radius 1 is 1.30 bits per heavy atom. The smallest absolute Gasteiger partial charge is 0.323 e. The van der Waals surface area contributed by atoms with Crippen LogP contribution in [0, 0.1) is 0 Å². The second-order valence-electron chi connectivity index (χ2n) is 5.49. The van der Waals surface area contributed by atoms with Crippen LogP contribution in [0.2, 0.25) is 0 Å². The summed E-state index contributed by atoms with van der Waals surface area (Å²) in [5.41, 5.74) is 1.80. The Balaban J connectivity index is 1.64. The Morgan fingerprint density at radius 2 is 2.09 bits per heavy atom. The number of benzene rings is 1. The lowest BCUT2D eigenvalue weighted by molar-refractivity contribution is -0.117. The van der Waals surface area contributed by atoms with Crippen molar-refractivity contribution in [1.82, 2.24) is 14.9 Å². The fourth-order valence-corrected chi connectivity index (χ4v) is 3.27. The van der Waals surface area contributed by atoms with Crippen LogP contribution in [0.1, 0.15) is 17.8 Å². The molecule has 23 heavy (non-hydrogen) atoms. The number of imidazole rings is 1. The van der Waals surface area contributed by atoms with Gasteiger partial charge in [-0.3, -0.25) is 9.69 Å². The van der Waals surface area contributed by atoms with Crippen molar-refractivity contribution in [3.8, 4) is 0 Å². The molecule has 7 heteroatoms. The number of anilines is 1. The van der Waals surface area contributed by atoms with Crippen LogP contribution < -0.4 is 11.0 Å². The number of hydrogen-bond acceptors (Lipinski definition) is 4. The number of H-pyrrole nitrogens is 2. The number of aromatic amines is 2. The Kier molecular flexibility index (Phi) is 4.31. The molecule has 3 rings (SSSR count). The van der Waals surface area contributed by atoms with E-state index in [1.807, 2.05) is 23.4 Å². The topological polar surface area (TPSA) is 81.0 Å². The highest BCUT2D eigenvalue weighted by molar-refractivity contribution is 7.10. The van der Waals surface area contributed by atoms with Crippen molar-refractivity contribution in [2.45, 2.75) is 13.0 Å². The van der Waals surface area contributed by atoms with Gasteiger partial charge in [-0.1, -0.05) is 6.07 Å². The third kappa shape index (κ3) is 3.52. The van der Waals surface area contributed by atoms with Crippen LogP contribution in [-0.2, 0) is 4.79 Å². The summed E-state index contributed by atoms with van der Waals surface area (Å²) >= 11 is 1.68. The molecule has 2 aromatic heterocycles. The molecule has 2 heterocycles. The van der Waals surface area contributed by atoms with E-state index in [0.29, 0.717) is 17.7 Å². The van der Waals surface area contributed by atoms with Gasteiger partial charge in [-0.05, 0) is 43.6 Å². The van der Waals surface area contributed by atoms with E-state index in [1.165, 1.54) is 4.88 Å². The van der Waals surface area contributed by atoms with E-state index in [9.17, 15) is 9.59 Å². The van der Waals surface area contributed by atoms with E-state index in [1.54, 1.807) is 29.5 Å². The number of aromatic nitrogens is 2. The van der Waals surface area contributed by atoms with Crippen LogP contribution in [0.25, 0.3) is 11.0 Å². The highest BCUT2D eigenvalue weighted by atomic mass is 32.1. The van der Waals surface area contributed by atoms with Crippen molar-refractivity contribution in [1.29, 1.82) is 0 Å². The molecule has 1 atom stereocenters. The van der Waals surface area contributed by atoms with Gasteiger partial charge >= 0.3 is 5.69 Å². The van der Waals surface area contributed by atoms with Gasteiger partial charge in [-0.15, -0.1) is 11.3 Å². The molecule has 0 saturated heterocycles. The second kappa shape index (κ2) is 6.39. The number of nitrogens with zero attached hydrogens (tertiary/aromatic N) is 1. The summed E-state index contributed by atoms with van der Waals surface area (Å²) in [4.78, 5) is 32.0. The molecule has 3 N–H and O–H groups in total. The summed E-state index contributed by atoms with van der Waals surface area (Å²) in [6, 6.07) is 9.54. The summed E-state index contributed by atoms with van der Waals surface area (Å²) in [7, 11) is 1.93. The zero-order chi connectivity index (χ0) is 16.4. The number of hydrogen-bond donors (Lipinski definition) is 3. The van der Waals surface area contributed by atoms with Gasteiger partial charge in [0.25, 0.3) is 0 Å². The molecule has 0 aliphatic carbocycles. The van der Waals surface area contributed by atoms with E-state index in [-0.39, 0.29) is 17.6 Å². The maximum atomic E-state index is 12.2. The van der Waals surface area contributed by atoms with Crippen LogP contribution in [0.5, 0.6) is 0 Å². The zero-order valence-corrected chi connectivity index (χ0v) is 13.7. The largest absolute Gasteiger partial charge is 0.325 e. The average molecular weight is 330 g/mol. The Morgan fingerprint density at radius 3 is 2.83 bits per heavy atom. The van der Waals surface area contributed by atoms with E-state index >= 15 is 0 Å². The number of carbonyl (C=O) groups is 1. The number of amides is 1. The first-order valence-electron chi connectivity index (χ1n) is 7.28. The fraction of sp³-hybridized carbons (Fsp3) is 0.250. The molecule has 0 radical (unpaired) electrons. The highest BCUT2D eigenvalue weighted by Gasteiger charge is 2.15. The van der Waals surface area contributed by atoms with Crippen molar-refractivity contribution in [2.24, 2.45) is 0 Å². The molecule has 0 unspecified atom stereocenters. The number of nitrogens with one attached hydrogen (secondary N) is 3. The minimum atomic E-state index is -0.256. The van der Waals surface area contributed by atoms with Gasteiger partial charge < -0.3 is 15.3 Å². The first-order chi connectivity index (χ1) is 11.0. The van der Waals surface area contributed by atoms with E-state index < -0.39 is 0 Å². The second-order valence-corrected chi connectivity index (χ2v) is 6.47. The molecule has 0 bridgehead atoms. The molecule has 0 fully saturated rings. The number of rotatable bonds is 5. The van der Waals surface area contributed by atoms with Crippen molar-refractivity contribution in [3.63, 3.8) is 0 Å². The Labute approximate surface area is 137 Å². The molecule has 0 spiro atoms. The van der Waals surface area contributed by atoms with Crippen LogP contribution in [0.3, 0.4) is 0 Å². The molecule has 1 aromatic carbocycles. The lowest BCUT2D eigenvalue weighted by atomic mass is 10.2. The van der Waals surface area contributed by atoms with Gasteiger partial charge in [0, 0.05) is 16.6 Å². The van der Waals surface area contributed by atoms with Gasteiger partial charge in [0.2, 0.25) is 5.91 Å². The van der Waals surface area contributed by atoms with Crippen LogP contribution >= 0.6 is 11.3 Å². The van der Waals surface area contributed by atoms with Gasteiger partial charge in [-0.25, -0.2) is 4.79 Å². The first kappa shape index (κ1) is 15.5. The Hall–Kier alpha value is -2.38. The lowest BCUT2D eigenvalue weighted by Gasteiger charge is -2.23. The summed E-state index contributed by atoms with van der Waals surface area (Å²) < 4.78 is 0. The van der Waals surface area contributed by atoms with Crippen molar-refractivity contribution in [3.05, 3.63) is 51.1 Å². The van der Waals surface area contributed by atoms with Crippen LogP contribution in [0.4, 0.5) is 5.69 Å². The van der Waals surface area contributed by atoms with Crippen molar-refractivity contribution in [2.75, 3.05) is 18.9 Å². The summed E-state index contributed by atoms with van der Waals surface area (Å²) in [5, 5.41) is 4.90. The average Bonchev–Trinajstić information content (AvgIpc) is 3.14. The molecule has 0 aliphatic heterocycles. The van der Waals surface area contributed by atoms with Gasteiger partial charge in [-0.2, -0.15) is 0 Å². The molecule has 3 aromatic rings. The highest BCUT2D eigenvalue weighted by Crippen LogP contribution is 2.23. The zero-order valence-electron chi connectivity index (χ0n) is 12.9. The molecule has 0 saturated carbocycles. The maximum Gasteiger partial charge on any atom is 0.323 e. The van der Waals surface area contributed by atoms with Crippen LogP contribution in [0.15, 0.2) is 40.5 Å². The fourth-order valence-electron chi connectivity index (χ4n) is 2.42. The van der Waals surface area contributed by atoms with Gasteiger partial charge in [0.1, 0.15) is 0 Å². The van der Waals surface area contributed by atoms with Gasteiger partial charge in [0.15, 0.2) is 0 Å². The number of carbonyl (C=O) groups excluding carboxylic acids is 1. The Bertz CT molecular complexity index is 866. The maximum absolute atomic E-state index is 12.2. The first-order valence-corrected chi connectivity index (χ1v) is 8.16. The predicted molar refractivity (Wildman–Crippen MR) is 92.9 cm³/mol. The normalized spacial score (nSPS) is 12.7. The van der Waals surface area contributed by atoms with E-state index in [2.05, 4.69) is 28.3 Å². The minimum Gasteiger partial charge on any atom is -0.325 e. The molecular weight excluding hydrogens is 312 g/mol. The summed E-state index contributed by atoms with van der Waals surface area (Å²) in [5.74, 6) is -0.0897. The van der Waals surface area contributed by atoms with Crippen molar-refractivity contribution >= 4 is 34.0 Å². The number of likely N-dealkylation sites (N-methyl/N-ethyl adjacent to an activating group) is 1. The predicted octanol–water partition coefficient (Wildman–Crippen LogP) is 2.55. The standard InChI is InChI=1S/C16H18N4O2S/c1-10(14-4-3-7-23-14)20(2)9-15(21)17-11-5-6-12-13(8-11)19-16(22)18-12/h3-8,10H,9H2,1-2H3,(H,17,21)(H2,18,19,22)/t10-/m1/s1. The summed E-state index contributed by atoms with van der Waals surface area (Å²) in [6.07, 6.45) is 0. The lowest BCUT2D eigenvalue weighted by Crippen LogP contribution is -2.31. The molecular formula is C16H18N4O2S. The third-order valence-corrected chi connectivity index (χ3v) is 4.85. The van der Waals surface area contributed by atoms with Crippen molar-refractivity contribution < 1.29 is 4.79 Å². The number of thiophene rings is 1. The molecule has 6 nitrogen and oxygen atoms in total. The molecule has 0 aliphatic rings. The monoisotopic (exact) mass is 330 g/mol. The van der Waals surface area contributed by atoms with Gasteiger partial charge in [0.05, 0.1) is 17.6 Å².